The molecule has 0 unspecified atom stereocenters. The second-order valence-corrected chi connectivity index (χ2v) is 7.80. The van der Waals surface area contributed by atoms with Gasteiger partial charge < -0.3 is 9.47 Å². The number of carbonyl (C=O) groups is 2. The van der Waals surface area contributed by atoms with E-state index in [1.54, 1.807) is 0 Å². The molecule has 0 fully saturated rings. The summed E-state index contributed by atoms with van der Waals surface area (Å²) in [6.45, 7) is 6.21. The van der Waals surface area contributed by atoms with E-state index in [-0.39, 0.29) is 12.0 Å². The zero-order valence-corrected chi connectivity index (χ0v) is 18.6. The molecule has 0 bridgehead atoms. The minimum absolute atomic E-state index is 0.0917. The Hall–Kier alpha value is -1.32. The van der Waals surface area contributed by atoms with Crippen LogP contribution in [0.15, 0.2) is 12.2 Å². The summed E-state index contributed by atoms with van der Waals surface area (Å²) < 4.78 is 9.62. The molecule has 0 rings (SSSR count). The normalized spacial score (nSPS) is 10.6. The second-order valence-electron chi connectivity index (χ2n) is 7.80. The van der Waals surface area contributed by atoms with E-state index >= 15 is 0 Å². The summed E-state index contributed by atoms with van der Waals surface area (Å²) in [5.74, 6) is -0.962. The Morgan fingerprint density at radius 3 is 1.46 bits per heavy atom. The largest absolute Gasteiger partial charge is 0.466 e. The molecular weight excluding hydrogens is 352 g/mol. The van der Waals surface area contributed by atoms with Gasteiger partial charge in [-0.1, -0.05) is 110 Å². The molecule has 0 aliphatic heterocycles. The summed E-state index contributed by atoms with van der Waals surface area (Å²) in [6.07, 6.45) is 21.0. The Morgan fingerprint density at radius 1 is 0.679 bits per heavy atom. The van der Waals surface area contributed by atoms with Gasteiger partial charge in [0.1, 0.15) is 0 Å². The Morgan fingerprint density at radius 2 is 1.07 bits per heavy atom. The van der Waals surface area contributed by atoms with Crippen molar-refractivity contribution in [3.63, 3.8) is 0 Å². The molecule has 0 aliphatic carbocycles. The quantitative estimate of drug-likeness (QED) is 0.127. The topological polar surface area (TPSA) is 52.6 Å². The third-order valence-electron chi connectivity index (χ3n) is 5.09. The van der Waals surface area contributed by atoms with Gasteiger partial charge in [-0.25, -0.2) is 4.79 Å². The van der Waals surface area contributed by atoms with Crippen molar-refractivity contribution >= 4 is 11.9 Å². The average molecular weight is 397 g/mol. The highest BCUT2D eigenvalue weighted by molar-refractivity contribution is 5.93. The van der Waals surface area contributed by atoms with Crippen molar-refractivity contribution in [2.45, 2.75) is 116 Å². The van der Waals surface area contributed by atoms with Crippen molar-refractivity contribution in [2.24, 2.45) is 0 Å². The first-order valence-corrected chi connectivity index (χ1v) is 11.5. The number of unbranched alkanes of at least 4 members (excludes halogenated alkanes) is 15. The highest BCUT2D eigenvalue weighted by atomic mass is 16.5. The number of methoxy groups -OCH3 is 1. The van der Waals surface area contributed by atoms with Gasteiger partial charge in [-0.15, -0.1) is 0 Å². The van der Waals surface area contributed by atoms with Gasteiger partial charge in [-0.3, -0.25) is 4.79 Å². The van der Waals surface area contributed by atoms with E-state index in [1.165, 1.54) is 97.0 Å². The third-order valence-corrected chi connectivity index (χ3v) is 5.09. The minimum atomic E-state index is -0.556. The van der Waals surface area contributed by atoms with Crippen LogP contribution in [0.5, 0.6) is 0 Å². The molecule has 0 radical (unpaired) electrons. The van der Waals surface area contributed by atoms with Gasteiger partial charge in [0.15, 0.2) is 0 Å². The standard InChI is InChI=1S/C24H44O4/c1-4-5-6-7-8-9-10-11-12-13-14-15-16-17-18-19-20-28-23(25)21-22(2)24(26)27-3/h2,4-21H2,1,3H3. The van der Waals surface area contributed by atoms with E-state index < -0.39 is 11.9 Å². The first-order chi connectivity index (χ1) is 13.6. The summed E-state index contributed by atoms with van der Waals surface area (Å²) >= 11 is 0. The fourth-order valence-corrected chi connectivity index (χ4v) is 3.28. The lowest BCUT2D eigenvalue weighted by atomic mass is 10.0. The number of ether oxygens (including phenoxy) is 2. The molecule has 0 amide bonds. The molecule has 0 spiro atoms. The maximum absolute atomic E-state index is 11.5. The van der Waals surface area contributed by atoms with Crippen LogP contribution in [0, 0.1) is 0 Å². The molecule has 0 aliphatic rings. The summed E-state index contributed by atoms with van der Waals surface area (Å²) in [5.41, 5.74) is 0.138. The van der Waals surface area contributed by atoms with Crippen molar-refractivity contribution in [1.29, 1.82) is 0 Å². The highest BCUT2D eigenvalue weighted by Gasteiger charge is 2.12. The molecule has 0 aromatic carbocycles. The van der Waals surface area contributed by atoms with Crippen LogP contribution in [0.3, 0.4) is 0 Å². The molecule has 4 nitrogen and oxygen atoms in total. The van der Waals surface area contributed by atoms with Gasteiger partial charge >= 0.3 is 11.9 Å². The van der Waals surface area contributed by atoms with E-state index in [4.69, 9.17) is 4.74 Å². The van der Waals surface area contributed by atoms with Crippen LogP contribution in [0.2, 0.25) is 0 Å². The molecule has 0 heterocycles. The number of hydrogen-bond acceptors (Lipinski definition) is 4. The molecule has 0 saturated carbocycles. The van der Waals surface area contributed by atoms with Crippen molar-refractivity contribution in [2.75, 3.05) is 13.7 Å². The van der Waals surface area contributed by atoms with Crippen molar-refractivity contribution in [3.8, 4) is 0 Å². The van der Waals surface area contributed by atoms with Crippen molar-refractivity contribution in [3.05, 3.63) is 12.2 Å². The van der Waals surface area contributed by atoms with E-state index in [0.29, 0.717) is 6.61 Å². The number of esters is 2. The summed E-state index contributed by atoms with van der Waals surface area (Å²) in [6, 6.07) is 0. The lowest BCUT2D eigenvalue weighted by molar-refractivity contribution is -0.145. The molecule has 0 saturated heterocycles. The fraction of sp³-hybridized carbons (Fsp3) is 0.833. The Balaban J connectivity index is 3.22. The van der Waals surface area contributed by atoms with Crippen LogP contribution in [0.1, 0.15) is 116 Å². The van der Waals surface area contributed by atoms with Crippen LogP contribution in [0.25, 0.3) is 0 Å². The summed E-state index contributed by atoms with van der Waals surface area (Å²) in [4.78, 5) is 22.7. The molecule has 164 valence electrons. The van der Waals surface area contributed by atoms with E-state index in [1.807, 2.05) is 0 Å². The minimum Gasteiger partial charge on any atom is -0.466 e. The first-order valence-electron chi connectivity index (χ1n) is 11.5. The Bertz CT molecular complexity index is 403. The van der Waals surface area contributed by atoms with Crippen LogP contribution in [-0.4, -0.2) is 25.7 Å². The summed E-state index contributed by atoms with van der Waals surface area (Å²) in [5, 5.41) is 0. The smallest absolute Gasteiger partial charge is 0.333 e. The highest BCUT2D eigenvalue weighted by Crippen LogP contribution is 2.13. The predicted octanol–water partition coefficient (Wildman–Crippen LogP) is 6.91. The van der Waals surface area contributed by atoms with Crippen molar-refractivity contribution < 1.29 is 19.1 Å². The summed E-state index contributed by atoms with van der Waals surface area (Å²) in [7, 11) is 1.27. The van der Waals surface area contributed by atoms with Gasteiger partial charge in [0.05, 0.1) is 20.1 Å². The monoisotopic (exact) mass is 396 g/mol. The van der Waals surface area contributed by atoms with Crippen LogP contribution in [-0.2, 0) is 19.1 Å². The van der Waals surface area contributed by atoms with E-state index in [0.717, 1.165) is 12.8 Å². The molecule has 0 aromatic rings. The second kappa shape index (κ2) is 20.4. The number of hydrogen-bond donors (Lipinski definition) is 0. The van der Waals surface area contributed by atoms with E-state index in [2.05, 4.69) is 18.2 Å². The maximum Gasteiger partial charge on any atom is 0.333 e. The SMILES string of the molecule is C=C(CC(=O)OCCCCCCCCCCCCCCCCCC)C(=O)OC. The molecule has 4 heteroatoms. The number of carbonyl (C=O) groups excluding carboxylic acids is 2. The maximum atomic E-state index is 11.5. The van der Waals surface area contributed by atoms with Gasteiger partial charge in [-0.2, -0.15) is 0 Å². The van der Waals surface area contributed by atoms with Gasteiger partial charge in [0.2, 0.25) is 0 Å². The molecule has 28 heavy (non-hydrogen) atoms. The van der Waals surface area contributed by atoms with Gasteiger partial charge in [-0.05, 0) is 6.42 Å². The molecule has 0 aromatic heterocycles. The Kier molecular flexibility index (Phi) is 19.5. The predicted molar refractivity (Wildman–Crippen MR) is 116 cm³/mol. The average Bonchev–Trinajstić information content (AvgIpc) is 2.69. The zero-order valence-electron chi connectivity index (χ0n) is 18.6. The lowest BCUT2D eigenvalue weighted by Gasteiger charge is -2.06. The number of rotatable bonds is 20. The first kappa shape index (κ1) is 26.7. The van der Waals surface area contributed by atoms with Crippen molar-refractivity contribution in [1.82, 2.24) is 0 Å². The molecule has 0 N–H and O–H groups in total. The van der Waals surface area contributed by atoms with Gasteiger partial charge in [0.25, 0.3) is 0 Å². The third kappa shape index (κ3) is 18.1. The van der Waals surface area contributed by atoms with E-state index in [9.17, 15) is 9.59 Å². The van der Waals surface area contributed by atoms with Crippen LogP contribution < -0.4 is 0 Å². The van der Waals surface area contributed by atoms with Gasteiger partial charge in [0, 0.05) is 5.57 Å². The zero-order chi connectivity index (χ0) is 20.9. The van der Waals surface area contributed by atoms with Crippen LogP contribution >= 0.6 is 0 Å². The van der Waals surface area contributed by atoms with Crippen LogP contribution in [0.4, 0.5) is 0 Å². The Labute approximate surface area is 173 Å². The molecule has 0 atom stereocenters. The fourth-order valence-electron chi connectivity index (χ4n) is 3.28. The molecular formula is C24H44O4. The lowest BCUT2D eigenvalue weighted by Crippen LogP contribution is -2.12.